The summed E-state index contributed by atoms with van der Waals surface area (Å²) >= 11 is 0. The molecule has 0 radical (unpaired) electrons. The van der Waals surface area contributed by atoms with Gasteiger partial charge >= 0.3 is 5.97 Å². The molecule has 0 amide bonds. The molecule has 2 rings (SSSR count). The monoisotopic (exact) mass is 306 g/mol. The van der Waals surface area contributed by atoms with Gasteiger partial charge in [0.1, 0.15) is 0 Å². The third-order valence-electron chi connectivity index (χ3n) is 4.37. The number of hydrogen-bond acceptors (Lipinski definition) is 4. The van der Waals surface area contributed by atoms with Gasteiger partial charge < -0.3 is 15.1 Å². The second-order valence-corrected chi connectivity index (χ2v) is 5.86. The molecule has 0 spiro atoms. The van der Waals surface area contributed by atoms with Gasteiger partial charge in [0.15, 0.2) is 0 Å². The van der Waals surface area contributed by atoms with Gasteiger partial charge in [-0.05, 0) is 50.6 Å². The maximum absolute atomic E-state index is 11.0. The molecular weight excluding hydrogens is 280 g/mol. The van der Waals surface area contributed by atoms with Crippen LogP contribution in [0.4, 0.5) is 5.69 Å². The third kappa shape index (κ3) is 4.45. The van der Waals surface area contributed by atoms with E-state index in [2.05, 4.69) is 41.0 Å². The van der Waals surface area contributed by atoms with Crippen LogP contribution in [0, 0.1) is 5.92 Å². The number of benzene rings is 1. The minimum Gasteiger partial charge on any atom is -0.481 e. The Hall–Kier alpha value is -1.59. The number of likely N-dealkylation sites (tertiary alicyclic amines) is 1. The maximum atomic E-state index is 11.0. The zero-order valence-corrected chi connectivity index (χ0v) is 13.2. The second-order valence-electron chi connectivity index (χ2n) is 5.86. The first-order valence-corrected chi connectivity index (χ1v) is 8.04. The molecule has 1 fully saturated rings. The number of aliphatic hydroxyl groups is 1. The van der Waals surface area contributed by atoms with Crippen molar-refractivity contribution in [3.63, 3.8) is 0 Å². The third-order valence-corrected chi connectivity index (χ3v) is 4.37. The Bertz CT molecular complexity index is 485. The quantitative estimate of drug-likeness (QED) is 0.804. The van der Waals surface area contributed by atoms with E-state index in [4.69, 9.17) is 10.2 Å². The average Bonchev–Trinajstić information content (AvgIpc) is 2.53. The summed E-state index contributed by atoms with van der Waals surface area (Å²) in [7, 11) is 0. The fourth-order valence-electron chi connectivity index (χ4n) is 3.04. The van der Waals surface area contributed by atoms with Gasteiger partial charge in [0.2, 0.25) is 0 Å². The van der Waals surface area contributed by atoms with E-state index >= 15 is 0 Å². The number of anilines is 1. The van der Waals surface area contributed by atoms with Crippen LogP contribution in [0.25, 0.3) is 0 Å². The first-order chi connectivity index (χ1) is 10.6. The van der Waals surface area contributed by atoms with E-state index in [1.165, 1.54) is 5.56 Å². The van der Waals surface area contributed by atoms with Crippen LogP contribution < -0.4 is 4.90 Å². The number of aliphatic carboxylic acids is 1. The normalized spacial score (nSPS) is 16.6. The topological polar surface area (TPSA) is 64.0 Å². The molecule has 5 nitrogen and oxygen atoms in total. The van der Waals surface area contributed by atoms with Crippen LogP contribution in [-0.4, -0.2) is 53.9 Å². The van der Waals surface area contributed by atoms with Crippen LogP contribution in [-0.2, 0) is 11.3 Å². The van der Waals surface area contributed by atoms with Gasteiger partial charge in [-0.3, -0.25) is 9.69 Å². The Labute approximate surface area is 132 Å². The Kier molecular flexibility index (Phi) is 6.21. The van der Waals surface area contributed by atoms with E-state index in [9.17, 15) is 4.79 Å². The van der Waals surface area contributed by atoms with Gasteiger partial charge in [0, 0.05) is 25.3 Å². The van der Waals surface area contributed by atoms with Gasteiger partial charge in [-0.15, -0.1) is 0 Å². The molecule has 2 N–H and O–H groups in total. The number of hydrogen-bond donors (Lipinski definition) is 2. The highest BCUT2D eigenvalue weighted by Crippen LogP contribution is 2.21. The van der Waals surface area contributed by atoms with Crippen molar-refractivity contribution < 1.29 is 15.0 Å². The Balaban J connectivity index is 1.95. The van der Waals surface area contributed by atoms with Crippen molar-refractivity contribution in [2.45, 2.75) is 26.3 Å². The lowest BCUT2D eigenvalue weighted by molar-refractivity contribution is -0.143. The number of carbonyl (C=O) groups is 1. The highest BCUT2D eigenvalue weighted by molar-refractivity contribution is 5.70. The molecule has 5 heteroatoms. The van der Waals surface area contributed by atoms with Crippen LogP contribution in [0.15, 0.2) is 24.3 Å². The minimum absolute atomic E-state index is 0.154. The lowest BCUT2D eigenvalue weighted by atomic mass is 9.97. The van der Waals surface area contributed by atoms with Crippen LogP contribution in [0.5, 0.6) is 0 Å². The van der Waals surface area contributed by atoms with Crippen molar-refractivity contribution in [1.29, 1.82) is 0 Å². The number of carboxylic acids is 1. The summed E-state index contributed by atoms with van der Waals surface area (Å²) in [6.45, 7) is 6.29. The number of likely N-dealkylation sites (N-methyl/N-ethyl adjacent to an activating group) is 1. The predicted molar refractivity (Wildman–Crippen MR) is 87.1 cm³/mol. The summed E-state index contributed by atoms with van der Waals surface area (Å²) in [6, 6.07) is 8.40. The zero-order valence-electron chi connectivity index (χ0n) is 13.2. The molecule has 0 atom stereocenters. The molecule has 1 aliphatic rings. The summed E-state index contributed by atoms with van der Waals surface area (Å²) in [4.78, 5) is 15.5. The summed E-state index contributed by atoms with van der Waals surface area (Å²) in [5.74, 6) is -0.841. The highest BCUT2D eigenvalue weighted by Gasteiger charge is 2.24. The Morgan fingerprint density at radius 1 is 1.36 bits per heavy atom. The smallest absolute Gasteiger partial charge is 0.306 e. The van der Waals surface area contributed by atoms with E-state index in [1.807, 2.05) is 0 Å². The van der Waals surface area contributed by atoms with Gasteiger partial charge in [0.05, 0.1) is 12.5 Å². The second kappa shape index (κ2) is 8.15. The molecule has 0 aromatic heterocycles. The molecular formula is C17H26N2O3. The maximum Gasteiger partial charge on any atom is 0.306 e. The first kappa shape index (κ1) is 16.8. The number of rotatable bonds is 7. The van der Waals surface area contributed by atoms with Gasteiger partial charge in [0.25, 0.3) is 0 Å². The van der Waals surface area contributed by atoms with Gasteiger partial charge in [-0.1, -0.05) is 12.1 Å². The lowest BCUT2D eigenvalue weighted by Crippen LogP contribution is -2.35. The molecule has 1 heterocycles. The highest BCUT2D eigenvalue weighted by atomic mass is 16.4. The fourth-order valence-corrected chi connectivity index (χ4v) is 3.04. The van der Waals surface area contributed by atoms with Crippen molar-refractivity contribution in [3.8, 4) is 0 Å². The molecule has 1 aromatic carbocycles. The van der Waals surface area contributed by atoms with E-state index in [0.717, 1.165) is 44.7 Å². The minimum atomic E-state index is -0.663. The Morgan fingerprint density at radius 2 is 2.09 bits per heavy atom. The first-order valence-electron chi connectivity index (χ1n) is 8.04. The fraction of sp³-hybridized carbons (Fsp3) is 0.588. The zero-order chi connectivity index (χ0) is 15.9. The SMILES string of the molecule is CCN(CCO)c1cccc(CN2CCC(C(=O)O)CC2)c1. The van der Waals surface area contributed by atoms with Crippen LogP contribution in [0.1, 0.15) is 25.3 Å². The summed E-state index contributed by atoms with van der Waals surface area (Å²) in [6.07, 6.45) is 1.47. The largest absolute Gasteiger partial charge is 0.481 e. The molecule has 0 bridgehead atoms. The molecule has 1 aromatic rings. The summed E-state index contributed by atoms with van der Waals surface area (Å²) < 4.78 is 0. The molecule has 0 saturated carbocycles. The number of piperidine rings is 1. The molecule has 1 aliphatic heterocycles. The number of nitrogens with zero attached hydrogens (tertiary/aromatic N) is 2. The van der Waals surface area contributed by atoms with Crippen molar-refractivity contribution in [2.75, 3.05) is 37.7 Å². The van der Waals surface area contributed by atoms with E-state index in [-0.39, 0.29) is 12.5 Å². The lowest BCUT2D eigenvalue weighted by Gasteiger charge is -2.30. The van der Waals surface area contributed by atoms with Crippen LogP contribution >= 0.6 is 0 Å². The van der Waals surface area contributed by atoms with Crippen molar-refractivity contribution in [3.05, 3.63) is 29.8 Å². The van der Waals surface area contributed by atoms with E-state index in [1.54, 1.807) is 0 Å². The van der Waals surface area contributed by atoms with Crippen LogP contribution in [0.2, 0.25) is 0 Å². The van der Waals surface area contributed by atoms with Crippen molar-refractivity contribution in [1.82, 2.24) is 4.90 Å². The van der Waals surface area contributed by atoms with E-state index in [0.29, 0.717) is 6.54 Å². The summed E-state index contributed by atoms with van der Waals surface area (Å²) in [5, 5.41) is 18.2. The van der Waals surface area contributed by atoms with Gasteiger partial charge in [-0.2, -0.15) is 0 Å². The predicted octanol–water partition coefficient (Wildman–Crippen LogP) is 1.80. The molecule has 122 valence electrons. The van der Waals surface area contributed by atoms with Crippen LogP contribution in [0.3, 0.4) is 0 Å². The van der Waals surface area contributed by atoms with Crippen molar-refractivity contribution >= 4 is 11.7 Å². The van der Waals surface area contributed by atoms with Gasteiger partial charge in [-0.25, -0.2) is 0 Å². The molecule has 1 saturated heterocycles. The average molecular weight is 306 g/mol. The Morgan fingerprint density at radius 3 is 2.68 bits per heavy atom. The van der Waals surface area contributed by atoms with Crippen molar-refractivity contribution in [2.24, 2.45) is 5.92 Å². The number of aliphatic hydroxyl groups excluding tert-OH is 1. The standard InChI is InChI=1S/C17H26N2O3/c1-2-19(10-11-20)16-5-3-4-14(12-16)13-18-8-6-15(7-9-18)17(21)22/h3-5,12,15,20H,2,6-11,13H2,1H3,(H,21,22). The molecule has 0 unspecified atom stereocenters. The molecule has 0 aliphatic carbocycles. The van der Waals surface area contributed by atoms with E-state index < -0.39 is 5.97 Å². The molecule has 22 heavy (non-hydrogen) atoms. The summed E-state index contributed by atoms with van der Waals surface area (Å²) in [5.41, 5.74) is 2.37. The number of carboxylic acid groups (broad SMARTS) is 1.